The molecule has 0 saturated heterocycles. The minimum absolute atomic E-state index is 0.00669. The van der Waals surface area contributed by atoms with E-state index in [0.29, 0.717) is 30.0 Å². The number of hydrogen-bond donors (Lipinski definition) is 1. The molecule has 0 fully saturated rings. The van der Waals surface area contributed by atoms with E-state index in [1.165, 1.54) is 53.4 Å². The Morgan fingerprint density at radius 3 is 2.29 bits per heavy atom. The van der Waals surface area contributed by atoms with Crippen LogP contribution in [0.4, 0.5) is 17.1 Å². The highest BCUT2D eigenvalue weighted by Gasteiger charge is 2.31. The Hall–Kier alpha value is -3.79. The van der Waals surface area contributed by atoms with E-state index in [9.17, 15) is 25.0 Å². The summed E-state index contributed by atoms with van der Waals surface area (Å²) in [5.41, 5.74) is 6.15. The standard InChI is InChI=1S/C18H16N4O6/c19-8-1-9-20-15-11-14(22(26)27)6-7-16(15)28-17(18(20)23)10-12-2-4-13(5-3-12)21(24)25/h2-7,10-11H,1,8-9,19H2/b17-10+. The summed E-state index contributed by atoms with van der Waals surface area (Å²) in [5, 5.41) is 21.8. The quantitative estimate of drug-likeness (QED) is 0.458. The number of carbonyl (C=O) groups excluding carboxylic acids is 1. The van der Waals surface area contributed by atoms with Crippen LogP contribution in [-0.2, 0) is 4.79 Å². The number of ether oxygens (including phenoxy) is 1. The van der Waals surface area contributed by atoms with Crippen molar-refractivity contribution in [3.05, 3.63) is 74.0 Å². The van der Waals surface area contributed by atoms with Crippen LogP contribution in [0.25, 0.3) is 6.08 Å². The van der Waals surface area contributed by atoms with Gasteiger partial charge in [0, 0.05) is 30.8 Å². The maximum Gasteiger partial charge on any atom is 0.294 e. The van der Waals surface area contributed by atoms with Gasteiger partial charge in [-0.2, -0.15) is 0 Å². The molecule has 2 aromatic carbocycles. The predicted octanol–water partition coefficient (Wildman–Crippen LogP) is 2.62. The highest BCUT2D eigenvalue weighted by Crippen LogP contribution is 2.38. The van der Waals surface area contributed by atoms with Crippen LogP contribution in [-0.4, -0.2) is 28.8 Å². The third-order valence-corrected chi connectivity index (χ3v) is 4.11. The average Bonchev–Trinajstić information content (AvgIpc) is 2.68. The van der Waals surface area contributed by atoms with Crippen molar-refractivity contribution >= 4 is 29.0 Å². The first-order valence-electron chi connectivity index (χ1n) is 8.35. The van der Waals surface area contributed by atoms with E-state index in [4.69, 9.17) is 10.5 Å². The zero-order valence-corrected chi connectivity index (χ0v) is 14.6. The fourth-order valence-electron chi connectivity index (χ4n) is 2.73. The summed E-state index contributed by atoms with van der Waals surface area (Å²) >= 11 is 0. The average molecular weight is 384 g/mol. The van der Waals surface area contributed by atoms with Gasteiger partial charge in [0.1, 0.15) is 0 Å². The van der Waals surface area contributed by atoms with Crippen molar-refractivity contribution in [3.8, 4) is 5.75 Å². The largest absolute Gasteiger partial charge is 0.449 e. The van der Waals surface area contributed by atoms with Crippen molar-refractivity contribution in [2.75, 3.05) is 18.0 Å². The molecule has 1 amide bonds. The smallest absolute Gasteiger partial charge is 0.294 e. The highest BCUT2D eigenvalue weighted by molar-refractivity contribution is 6.10. The number of benzene rings is 2. The Morgan fingerprint density at radius 1 is 1.04 bits per heavy atom. The number of nitrogens with zero attached hydrogens (tertiary/aromatic N) is 3. The van der Waals surface area contributed by atoms with Crippen molar-refractivity contribution in [1.82, 2.24) is 0 Å². The first-order chi connectivity index (χ1) is 13.4. The molecule has 1 heterocycles. The number of nitro benzene ring substituents is 2. The monoisotopic (exact) mass is 384 g/mol. The molecular weight excluding hydrogens is 368 g/mol. The Bertz CT molecular complexity index is 971. The first-order valence-corrected chi connectivity index (χ1v) is 8.35. The van der Waals surface area contributed by atoms with Crippen LogP contribution in [0.2, 0.25) is 0 Å². The summed E-state index contributed by atoms with van der Waals surface area (Å²) in [7, 11) is 0. The molecule has 0 unspecified atom stereocenters. The molecule has 28 heavy (non-hydrogen) atoms. The molecule has 0 aliphatic carbocycles. The summed E-state index contributed by atoms with van der Waals surface area (Å²) in [4.78, 5) is 35.0. The summed E-state index contributed by atoms with van der Waals surface area (Å²) in [6.45, 7) is 0.612. The predicted molar refractivity (Wildman–Crippen MR) is 101 cm³/mol. The number of carbonyl (C=O) groups is 1. The van der Waals surface area contributed by atoms with Gasteiger partial charge in [-0.25, -0.2) is 0 Å². The Kier molecular flexibility index (Phi) is 5.32. The molecule has 0 saturated carbocycles. The van der Waals surface area contributed by atoms with Crippen molar-refractivity contribution in [2.45, 2.75) is 6.42 Å². The SMILES string of the molecule is NCCCN1C(=O)/C(=C\c2ccc([N+](=O)[O-])cc2)Oc2ccc([N+](=O)[O-])cc21. The van der Waals surface area contributed by atoms with Crippen LogP contribution in [0.1, 0.15) is 12.0 Å². The lowest BCUT2D eigenvalue weighted by Crippen LogP contribution is -2.38. The Labute approximate surface area is 159 Å². The van der Waals surface area contributed by atoms with E-state index < -0.39 is 15.8 Å². The maximum absolute atomic E-state index is 12.9. The lowest BCUT2D eigenvalue weighted by atomic mass is 10.1. The van der Waals surface area contributed by atoms with Gasteiger partial charge in [-0.05, 0) is 42.8 Å². The minimum Gasteiger partial charge on any atom is -0.449 e. The highest BCUT2D eigenvalue weighted by atomic mass is 16.6. The molecule has 0 radical (unpaired) electrons. The van der Waals surface area contributed by atoms with Gasteiger partial charge in [-0.1, -0.05) is 0 Å². The molecule has 10 nitrogen and oxygen atoms in total. The summed E-state index contributed by atoms with van der Waals surface area (Å²) < 4.78 is 5.65. The van der Waals surface area contributed by atoms with Gasteiger partial charge in [-0.3, -0.25) is 25.0 Å². The number of hydrogen-bond acceptors (Lipinski definition) is 7. The third-order valence-electron chi connectivity index (χ3n) is 4.11. The molecule has 144 valence electrons. The van der Waals surface area contributed by atoms with Gasteiger partial charge >= 0.3 is 0 Å². The number of amides is 1. The third kappa shape index (κ3) is 3.81. The van der Waals surface area contributed by atoms with E-state index in [0.717, 1.165) is 0 Å². The molecule has 2 N–H and O–H groups in total. The van der Waals surface area contributed by atoms with Crippen molar-refractivity contribution < 1.29 is 19.4 Å². The molecule has 1 aliphatic heterocycles. The van der Waals surface area contributed by atoms with Gasteiger partial charge in [0.05, 0.1) is 15.5 Å². The molecule has 0 atom stereocenters. The number of rotatable bonds is 6. The van der Waals surface area contributed by atoms with Crippen LogP contribution < -0.4 is 15.4 Å². The van der Waals surface area contributed by atoms with Crippen LogP contribution in [0, 0.1) is 20.2 Å². The molecule has 0 aromatic heterocycles. The normalized spacial score (nSPS) is 14.5. The fraction of sp³-hybridized carbons (Fsp3) is 0.167. The summed E-state index contributed by atoms with van der Waals surface area (Å²) in [6.07, 6.45) is 1.96. The first kappa shape index (κ1) is 19.0. The zero-order chi connectivity index (χ0) is 20.3. The molecule has 0 spiro atoms. The van der Waals surface area contributed by atoms with Crippen molar-refractivity contribution in [1.29, 1.82) is 0 Å². The Morgan fingerprint density at radius 2 is 1.68 bits per heavy atom. The van der Waals surface area contributed by atoms with Crippen molar-refractivity contribution in [2.24, 2.45) is 5.73 Å². The summed E-state index contributed by atoms with van der Waals surface area (Å²) in [5.74, 6) is -0.164. The van der Waals surface area contributed by atoms with Crippen LogP contribution in [0.3, 0.4) is 0 Å². The van der Waals surface area contributed by atoms with Gasteiger partial charge in [0.2, 0.25) is 0 Å². The lowest BCUT2D eigenvalue weighted by molar-refractivity contribution is -0.385. The number of non-ortho nitro benzene ring substituents is 2. The van der Waals surface area contributed by atoms with Gasteiger partial charge in [0.15, 0.2) is 11.5 Å². The molecule has 1 aliphatic rings. The van der Waals surface area contributed by atoms with E-state index in [2.05, 4.69) is 0 Å². The number of anilines is 1. The minimum atomic E-state index is -0.548. The van der Waals surface area contributed by atoms with Crippen LogP contribution >= 0.6 is 0 Å². The number of nitro groups is 2. The number of fused-ring (bicyclic) bond motifs is 1. The van der Waals surface area contributed by atoms with Crippen LogP contribution in [0.15, 0.2) is 48.2 Å². The lowest BCUT2D eigenvalue weighted by Gasteiger charge is -2.30. The van der Waals surface area contributed by atoms with Crippen LogP contribution in [0.5, 0.6) is 5.75 Å². The molecule has 0 bridgehead atoms. The van der Waals surface area contributed by atoms with E-state index in [1.54, 1.807) is 0 Å². The second kappa shape index (κ2) is 7.84. The number of nitrogens with two attached hydrogens (primary N) is 1. The zero-order valence-electron chi connectivity index (χ0n) is 14.6. The topological polar surface area (TPSA) is 142 Å². The second-order valence-electron chi connectivity index (χ2n) is 5.97. The maximum atomic E-state index is 12.9. The molecule has 3 rings (SSSR count). The molecule has 2 aromatic rings. The summed E-state index contributed by atoms with van der Waals surface area (Å²) in [6, 6.07) is 9.64. The van der Waals surface area contributed by atoms with E-state index in [1.807, 2.05) is 0 Å². The molecular formula is C18H16N4O6. The van der Waals surface area contributed by atoms with Gasteiger partial charge in [0.25, 0.3) is 17.3 Å². The van der Waals surface area contributed by atoms with Gasteiger partial charge < -0.3 is 15.4 Å². The van der Waals surface area contributed by atoms with E-state index >= 15 is 0 Å². The Balaban J connectivity index is 1.99. The van der Waals surface area contributed by atoms with E-state index in [-0.39, 0.29) is 23.7 Å². The van der Waals surface area contributed by atoms with Gasteiger partial charge in [-0.15, -0.1) is 0 Å². The molecule has 10 heteroatoms. The fourth-order valence-corrected chi connectivity index (χ4v) is 2.73. The van der Waals surface area contributed by atoms with Crippen molar-refractivity contribution in [3.63, 3.8) is 0 Å². The second-order valence-corrected chi connectivity index (χ2v) is 5.97.